The van der Waals surface area contributed by atoms with Gasteiger partial charge in [0.1, 0.15) is 0 Å². The van der Waals surface area contributed by atoms with Crippen LogP contribution in [0.15, 0.2) is 22.7 Å². The molecule has 0 aliphatic carbocycles. The fourth-order valence-electron chi connectivity index (χ4n) is 1.93. The summed E-state index contributed by atoms with van der Waals surface area (Å²) >= 11 is 3.47. The number of nitrogens with two attached hydrogens (primary N) is 1. The van der Waals surface area contributed by atoms with Gasteiger partial charge in [-0.1, -0.05) is 6.07 Å². The Bertz CT molecular complexity index is 319. The van der Waals surface area contributed by atoms with E-state index in [-0.39, 0.29) is 0 Å². The largest absolute Gasteiger partial charge is 0.398 e. The quantitative estimate of drug-likeness (QED) is 0.756. The molecule has 1 aromatic rings. The molecule has 1 aromatic carbocycles. The van der Waals surface area contributed by atoms with Crippen molar-refractivity contribution in [2.75, 3.05) is 18.8 Å². The highest BCUT2D eigenvalue weighted by molar-refractivity contribution is 9.10. The van der Waals surface area contributed by atoms with Gasteiger partial charge in [0, 0.05) is 16.7 Å². The van der Waals surface area contributed by atoms with Gasteiger partial charge in [0.15, 0.2) is 0 Å². The van der Waals surface area contributed by atoms with Crippen LogP contribution in [0.25, 0.3) is 0 Å². The van der Waals surface area contributed by atoms with E-state index in [4.69, 9.17) is 5.73 Å². The first-order valence-electron chi connectivity index (χ1n) is 5.03. The number of benzene rings is 1. The molecule has 0 radical (unpaired) electrons. The molecule has 1 unspecified atom stereocenters. The van der Waals surface area contributed by atoms with E-state index in [0.29, 0.717) is 5.92 Å². The highest BCUT2D eigenvalue weighted by Gasteiger charge is 2.15. The minimum atomic E-state index is 0.653. The number of halogens is 1. The maximum Gasteiger partial charge on any atom is 0.0458 e. The molecule has 2 rings (SSSR count). The van der Waals surface area contributed by atoms with E-state index in [9.17, 15) is 0 Å². The molecule has 1 heterocycles. The number of anilines is 1. The van der Waals surface area contributed by atoms with Crippen molar-refractivity contribution in [2.45, 2.75) is 18.8 Å². The van der Waals surface area contributed by atoms with Crippen LogP contribution in [0, 0.1) is 0 Å². The average Bonchev–Trinajstić information content (AvgIpc) is 2.23. The molecule has 0 aromatic heterocycles. The van der Waals surface area contributed by atoms with Crippen LogP contribution in [0.2, 0.25) is 0 Å². The third kappa shape index (κ3) is 2.10. The number of piperidine rings is 1. The molecule has 1 saturated heterocycles. The van der Waals surface area contributed by atoms with Crippen molar-refractivity contribution in [2.24, 2.45) is 0 Å². The number of nitrogen functional groups attached to an aromatic ring is 1. The molecule has 14 heavy (non-hydrogen) atoms. The Morgan fingerprint density at radius 1 is 1.43 bits per heavy atom. The number of rotatable bonds is 1. The molecule has 76 valence electrons. The zero-order valence-electron chi connectivity index (χ0n) is 8.09. The van der Waals surface area contributed by atoms with E-state index >= 15 is 0 Å². The molecule has 0 saturated carbocycles. The summed E-state index contributed by atoms with van der Waals surface area (Å²) in [6.07, 6.45) is 2.55. The van der Waals surface area contributed by atoms with Gasteiger partial charge < -0.3 is 11.1 Å². The number of hydrogen-bond acceptors (Lipinski definition) is 2. The summed E-state index contributed by atoms with van der Waals surface area (Å²) in [7, 11) is 0. The van der Waals surface area contributed by atoms with Crippen molar-refractivity contribution >= 4 is 21.6 Å². The lowest BCUT2D eigenvalue weighted by atomic mass is 9.92. The smallest absolute Gasteiger partial charge is 0.0458 e. The maximum atomic E-state index is 5.76. The predicted molar refractivity (Wildman–Crippen MR) is 63.4 cm³/mol. The van der Waals surface area contributed by atoms with E-state index in [1.54, 1.807) is 0 Å². The topological polar surface area (TPSA) is 38.0 Å². The van der Waals surface area contributed by atoms with Crippen molar-refractivity contribution in [3.63, 3.8) is 0 Å². The van der Waals surface area contributed by atoms with Gasteiger partial charge in [-0.25, -0.2) is 0 Å². The monoisotopic (exact) mass is 254 g/mol. The molecule has 0 spiro atoms. The zero-order chi connectivity index (χ0) is 9.97. The predicted octanol–water partition coefficient (Wildman–Crippen LogP) is 2.50. The van der Waals surface area contributed by atoms with Gasteiger partial charge in [-0.3, -0.25) is 0 Å². The van der Waals surface area contributed by atoms with Crippen LogP contribution in [0.5, 0.6) is 0 Å². The molecule has 0 amide bonds. The molecule has 1 atom stereocenters. The Labute approximate surface area is 93.0 Å². The third-order valence-electron chi connectivity index (χ3n) is 2.79. The summed E-state index contributed by atoms with van der Waals surface area (Å²) in [6.45, 7) is 2.25. The Balaban J connectivity index is 2.18. The summed E-state index contributed by atoms with van der Waals surface area (Å²) < 4.78 is 1.01. The highest BCUT2D eigenvalue weighted by atomic mass is 79.9. The molecular weight excluding hydrogens is 240 g/mol. The van der Waals surface area contributed by atoms with E-state index in [1.807, 2.05) is 6.07 Å². The summed E-state index contributed by atoms with van der Waals surface area (Å²) in [5.74, 6) is 0.653. The summed E-state index contributed by atoms with van der Waals surface area (Å²) in [5, 5.41) is 3.42. The molecule has 2 nitrogen and oxygen atoms in total. The normalized spacial score (nSPS) is 22.2. The van der Waals surface area contributed by atoms with Crippen LogP contribution in [0.1, 0.15) is 24.3 Å². The molecule has 3 heteroatoms. The van der Waals surface area contributed by atoms with Crippen LogP contribution < -0.4 is 11.1 Å². The van der Waals surface area contributed by atoms with Crippen LogP contribution in [-0.2, 0) is 0 Å². The molecule has 1 aliphatic rings. The minimum absolute atomic E-state index is 0.653. The van der Waals surface area contributed by atoms with Crippen LogP contribution >= 0.6 is 15.9 Å². The van der Waals surface area contributed by atoms with Crippen LogP contribution in [0.3, 0.4) is 0 Å². The van der Waals surface area contributed by atoms with Gasteiger partial charge in [0.2, 0.25) is 0 Å². The highest BCUT2D eigenvalue weighted by Crippen LogP contribution is 2.28. The molecule has 0 bridgehead atoms. The van der Waals surface area contributed by atoms with Gasteiger partial charge in [-0.05, 0) is 58.9 Å². The summed E-state index contributed by atoms with van der Waals surface area (Å²) in [5.41, 5.74) is 7.96. The van der Waals surface area contributed by atoms with Crippen molar-refractivity contribution in [1.29, 1.82) is 0 Å². The Hall–Kier alpha value is -0.540. The second-order valence-corrected chi connectivity index (χ2v) is 4.68. The lowest BCUT2D eigenvalue weighted by Crippen LogP contribution is -2.28. The molecular formula is C11H15BrN2. The van der Waals surface area contributed by atoms with Crippen molar-refractivity contribution < 1.29 is 0 Å². The van der Waals surface area contributed by atoms with Gasteiger partial charge >= 0.3 is 0 Å². The van der Waals surface area contributed by atoms with Gasteiger partial charge in [0.25, 0.3) is 0 Å². The Kier molecular flexibility index (Phi) is 3.08. The fraction of sp³-hybridized carbons (Fsp3) is 0.455. The van der Waals surface area contributed by atoms with E-state index in [2.05, 4.69) is 33.4 Å². The number of nitrogens with one attached hydrogen (secondary N) is 1. The maximum absolute atomic E-state index is 5.76. The lowest BCUT2D eigenvalue weighted by molar-refractivity contribution is 0.461. The van der Waals surface area contributed by atoms with Crippen molar-refractivity contribution in [1.82, 2.24) is 5.32 Å². The third-order valence-corrected chi connectivity index (χ3v) is 3.48. The van der Waals surface area contributed by atoms with Gasteiger partial charge in [-0.2, -0.15) is 0 Å². The van der Waals surface area contributed by atoms with Crippen LogP contribution in [0.4, 0.5) is 5.69 Å². The molecule has 1 fully saturated rings. The van der Waals surface area contributed by atoms with Crippen LogP contribution in [-0.4, -0.2) is 13.1 Å². The SMILES string of the molecule is Nc1ccc(C2CCCNC2)cc1Br. The Morgan fingerprint density at radius 3 is 2.93 bits per heavy atom. The lowest BCUT2D eigenvalue weighted by Gasteiger charge is -2.23. The van der Waals surface area contributed by atoms with E-state index < -0.39 is 0 Å². The first kappa shape index (κ1) is 9.99. The fourth-order valence-corrected chi connectivity index (χ4v) is 2.33. The summed E-state index contributed by atoms with van der Waals surface area (Å²) in [4.78, 5) is 0. The molecule has 1 aliphatic heterocycles. The standard InChI is InChI=1S/C11H15BrN2/c12-10-6-8(3-4-11(10)13)9-2-1-5-14-7-9/h3-4,6,9,14H,1-2,5,7,13H2. The first-order valence-corrected chi connectivity index (χ1v) is 5.82. The second-order valence-electron chi connectivity index (χ2n) is 3.82. The minimum Gasteiger partial charge on any atom is -0.398 e. The average molecular weight is 255 g/mol. The molecule has 3 N–H and O–H groups in total. The van der Waals surface area contributed by atoms with E-state index in [1.165, 1.54) is 18.4 Å². The Morgan fingerprint density at radius 2 is 2.29 bits per heavy atom. The number of hydrogen-bond donors (Lipinski definition) is 2. The second kappa shape index (κ2) is 4.32. The van der Waals surface area contributed by atoms with E-state index in [0.717, 1.165) is 23.2 Å². The van der Waals surface area contributed by atoms with Crippen molar-refractivity contribution in [3.05, 3.63) is 28.2 Å². The summed E-state index contributed by atoms with van der Waals surface area (Å²) in [6, 6.07) is 6.26. The van der Waals surface area contributed by atoms with Gasteiger partial charge in [-0.15, -0.1) is 0 Å². The first-order chi connectivity index (χ1) is 6.77. The zero-order valence-corrected chi connectivity index (χ0v) is 9.68. The van der Waals surface area contributed by atoms with Crippen molar-refractivity contribution in [3.8, 4) is 0 Å². The van der Waals surface area contributed by atoms with Gasteiger partial charge in [0.05, 0.1) is 0 Å².